The Morgan fingerprint density at radius 1 is 1.19 bits per heavy atom. The Hall–Kier alpha value is -3.20. The zero-order valence-electron chi connectivity index (χ0n) is 16.3. The second kappa shape index (κ2) is 8.14. The quantitative estimate of drug-likeness (QED) is 0.532. The van der Waals surface area contributed by atoms with Crippen LogP contribution in [0.1, 0.15) is 40.9 Å². The van der Waals surface area contributed by atoms with Gasteiger partial charge in [0.2, 0.25) is 0 Å². The molecule has 0 spiro atoms. The Bertz CT molecular complexity index is 1170. The van der Waals surface area contributed by atoms with Crippen LogP contribution in [0.4, 0.5) is 13.2 Å². The van der Waals surface area contributed by atoms with Gasteiger partial charge < -0.3 is 14.9 Å². The van der Waals surface area contributed by atoms with Gasteiger partial charge in [0.05, 0.1) is 16.5 Å². The van der Waals surface area contributed by atoms with Gasteiger partial charge in [0, 0.05) is 16.6 Å². The SMILES string of the molecule is CCC(C(=O)O)c1c(C)n(C(=O)c2ccc(OC(F)(F)F)cc2)c2cc(Cl)c(O)cc12. The molecule has 2 aromatic carbocycles. The maximum absolute atomic E-state index is 13.2. The lowest BCUT2D eigenvalue weighted by Crippen LogP contribution is -2.18. The molecule has 3 rings (SSSR count). The van der Waals surface area contributed by atoms with Crippen molar-refractivity contribution in [3.8, 4) is 11.5 Å². The second-order valence-electron chi connectivity index (χ2n) is 6.83. The molecule has 0 radical (unpaired) electrons. The predicted octanol–water partition coefficient (Wildman–Crippen LogP) is 5.47. The molecule has 0 aliphatic carbocycles. The number of benzene rings is 2. The minimum atomic E-state index is -4.86. The topological polar surface area (TPSA) is 88.8 Å². The number of phenols is 1. The fourth-order valence-corrected chi connectivity index (χ4v) is 3.74. The van der Waals surface area contributed by atoms with Gasteiger partial charge in [-0.05, 0) is 55.3 Å². The molecule has 31 heavy (non-hydrogen) atoms. The summed E-state index contributed by atoms with van der Waals surface area (Å²) in [5.74, 6) is -3.40. The number of hydrogen-bond donors (Lipinski definition) is 2. The van der Waals surface area contributed by atoms with Crippen LogP contribution in [0.5, 0.6) is 11.5 Å². The summed E-state index contributed by atoms with van der Waals surface area (Å²) < 4.78 is 42.1. The molecule has 1 aromatic heterocycles. The number of carboxylic acids is 1. The van der Waals surface area contributed by atoms with Crippen LogP contribution in [0.15, 0.2) is 36.4 Å². The smallest absolute Gasteiger partial charge is 0.506 e. The molecule has 10 heteroatoms. The van der Waals surface area contributed by atoms with Crippen LogP contribution in [0.25, 0.3) is 10.9 Å². The molecule has 3 aromatic rings. The summed E-state index contributed by atoms with van der Waals surface area (Å²) in [5.41, 5.74) is 0.998. The summed E-state index contributed by atoms with van der Waals surface area (Å²) in [6.45, 7) is 3.24. The first kappa shape index (κ1) is 22.5. The van der Waals surface area contributed by atoms with Gasteiger partial charge in [-0.25, -0.2) is 0 Å². The zero-order valence-corrected chi connectivity index (χ0v) is 17.1. The van der Waals surface area contributed by atoms with E-state index in [1.165, 1.54) is 28.8 Å². The van der Waals surface area contributed by atoms with Crippen LogP contribution < -0.4 is 4.74 Å². The van der Waals surface area contributed by atoms with E-state index in [1.807, 2.05) is 0 Å². The van der Waals surface area contributed by atoms with E-state index in [0.29, 0.717) is 16.6 Å². The number of carbonyl (C=O) groups is 2. The van der Waals surface area contributed by atoms with E-state index in [1.54, 1.807) is 13.8 Å². The largest absolute Gasteiger partial charge is 0.573 e. The van der Waals surface area contributed by atoms with E-state index < -0.39 is 29.9 Å². The first-order valence-corrected chi connectivity index (χ1v) is 9.49. The van der Waals surface area contributed by atoms with E-state index in [0.717, 1.165) is 12.1 Å². The van der Waals surface area contributed by atoms with Crippen molar-refractivity contribution in [1.82, 2.24) is 4.57 Å². The molecule has 6 nitrogen and oxygen atoms in total. The van der Waals surface area contributed by atoms with E-state index in [9.17, 15) is 33.0 Å². The molecule has 0 bridgehead atoms. The summed E-state index contributed by atoms with van der Waals surface area (Å²) in [6.07, 6.45) is -4.63. The van der Waals surface area contributed by atoms with Gasteiger partial charge in [-0.1, -0.05) is 18.5 Å². The minimum absolute atomic E-state index is 0.0390. The highest BCUT2D eigenvalue weighted by molar-refractivity contribution is 6.33. The summed E-state index contributed by atoms with van der Waals surface area (Å²) in [5, 5.41) is 20.0. The number of halogens is 4. The lowest BCUT2D eigenvalue weighted by atomic mass is 9.94. The normalized spacial score (nSPS) is 12.7. The number of fused-ring (bicyclic) bond motifs is 1. The molecule has 0 aliphatic rings. The van der Waals surface area contributed by atoms with Crippen molar-refractivity contribution < 1.29 is 37.7 Å². The maximum Gasteiger partial charge on any atom is 0.573 e. The summed E-state index contributed by atoms with van der Waals surface area (Å²) in [4.78, 5) is 25.0. The van der Waals surface area contributed by atoms with Gasteiger partial charge in [-0.3, -0.25) is 14.2 Å². The van der Waals surface area contributed by atoms with Crippen LogP contribution in [-0.4, -0.2) is 33.0 Å². The molecule has 1 atom stereocenters. The molecule has 164 valence electrons. The average molecular weight is 456 g/mol. The Morgan fingerprint density at radius 3 is 2.32 bits per heavy atom. The number of aliphatic carboxylic acids is 1. The van der Waals surface area contributed by atoms with Gasteiger partial charge in [0.25, 0.3) is 5.91 Å². The van der Waals surface area contributed by atoms with Crippen LogP contribution in [0.3, 0.4) is 0 Å². The number of aromatic hydroxyl groups is 1. The summed E-state index contributed by atoms with van der Waals surface area (Å²) in [6, 6.07) is 7.00. The van der Waals surface area contributed by atoms with Crippen LogP contribution in [0.2, 0.25) is 5.02 Å². The van der Waals surface area contributed by atoms with Gasteiger partial charge >= 0.3 is 12.3 Å². The summed E-state index contributed by atoms with van der Waals surface area (Å²) >= 11 is 6.02. The first-order chi connectivity index (χ1) is 14.4. The van der Waals surface area contributed by atoms with Crippen molar-refractivity contribution in [1.29, 1.82) is 0 Å². The third kappa shape index (κ3) is 4.32. The lowest BCUT2D eigenvalue weighted by molar-refractivity contribution is -0.274. The third-order valence-corrected chi connectivity index (χ3v) is 5.22. The number of alkyl halides is 3. The Kier molecular flexibility index (Phi) is 5.91. The van der Waals surface area contributed by atoms with E-state index in [4.69, 9.17) is 11.6 Å². The molecule has 0 fully saturated rings. The molecule has 0 aliphatic heterocycles. The molecule has 1 unspecified atom stereocenters. The standard InChI is InChI=1S/C21H17ClF3NO5/c1-3-13(20(29)30)18-10(2)26(16-9-15(22)17(27)8-14(16)18)19(28)11-4-6-12(7-5-11)31-21(23,24)25/h4-9,13,27H,3H2,1-2H3,(H,29,30). The summed E-state index contributed by atoms with van der Waals surface area (Å²) in [7, 11) is 0. The molecule has 0 saturated carbocycles. The number of carbonyl (C=O) groups excluding carboxylic acids is 1. The number of carboxylic acid groups (broad SMARTS) is 1. The number of phenolic OH excluding ortho intramolecular Hbond substituents is 1. The van der Waals surface area contributed by atoms with Crippen LogP contribution >= 0.6 is 11.6 Å². The fourth-order valence-electron chi connectivity index (χ4n) is 3.58. The Morgan fingerprint density at radius 2 is 1.81 bits per heavy atom. The predicted molar refractivity (Wildman–Crippen MR) is 107 cm³/mol. The third-order valence-electron chi connectivity index (χ3n) is 4.91. The Balaban J connectivity index is 2.17. The number of nitrogens with zero attached hydrogens (tertiary/aromatic N) is 1. The monoisotopic (exact) mass is 455 g/mol. The van der Waals surface area contributed by atoms with Crippen molar-refractivity contribution in [2.24, 2.45) is 0 Å². The molecule has 0 saturated heterocycles. The van der Waals surface area contributed by atoms with Crippen LogP contribution in [0, 0.1) is 6.92 Å². The first-order valence-electron chi connectivity index (χ1n) is 9.11. The highest BCUT2D eigenvalue weighted by Gasteiger charge is 2.32. The van der Waals surface area contributed by atoms with Crippen molar-refractivity contribution in [2.75, 3.05) is 0 Å². The van der Waals surface area contributed by atoms with Crippen molar-refractivity contribution in [3.63, 3.8) is 0 Å². The second-order valence-corrected chi connectivity index (χ2v) is 7.24. The highest BCUT2D eigenvalue weighted by Crippen LogP contribution is 2.39. The molecule has 2 N–H and O–H groups in total. The number of hydrogen-bond acceptors (Lipinski definition) is 4. The molecule has 1 heterocycles. The van der Waals surface area contributed by atoms with Crippen molar-refractivity contribution in [2.45, 2.75) is 32.5 Å². The van der Waals surface area contributed by atoms with E-state index in [-0.39, 0.29) is 28.3 Å². The maximum atomic E-state index is 13.2. The highest BCUT2D eigenvalue weighted by atomic mass is 35.5. The minimum Gasteiger partial charge on any atom is -0.506 e. The molecular weight excluding hydrogens is 439 g/mol. The number of aromatic nitrogens is 1. The zero-order chi connectivity index (χ0) is 23.1. The van der Waals surface area contributed by atoms with Crippen molar-refractivity contribution in [3.05, 3.63) is 58.2 Å². The van der Waals surface area contributed by atoms with Gasteiger partial charge in [0.1, 0.15) is 11.5 Å². The number of ether oxygens (including phenoxy) is 1. The average Bonchev–Trinajstić information content (AvgIpc) is 2.93. The van der Waals surface area contributed by atoms with Gasteiger partial charge in [-0.2, -0.15) is 0 Å². The van der Waals surface area contributed by atoms with Gasteiger partial charge in [0.15, 0.2) is 0 Å². The van der Waals surface area contributed by atoms with Crippen molar-refractivity contribution >= 4 is 34.4 Å². The molecular formula is C21H17ClF3NO5. The van der Waals surface area contributed by atoms with E-state index in [2.05, 4.69) is 4.74 Å². The molecule has 0 amide bonds. The van der Waals surface area contributed by atoms with E-state index >= 15 is 0 Å². The Labute approximate surface area is 179 Å². The fraction of sp³-hybridized carbons (Fsp3) is 0.238. The van der Waals surface area contributed by atoms with Gasteiger partial charge in [-0.15, -0.1) is 13.2 Å². The number of rotatable bonds is 5. The van der Waals surface area contributed by atoms with Crippen LogP contribution in [-0.2, 0) is 4.79 Å². The lowest BCUT2D eigenvalue weighted by Gasteiger charge is -2.12.